The fraction of sp³-hybridized carbons (Fsp3) is 0.200. The van der Waals surface area contributed by atoms with Crippen LogP contribution in [0.5, 0.6) is 11.5 Å². The summed E-state index contributed by atoms with van der Waals surface area (Å²) in [7, 11) is 0. The third-order valence-corrected chi connectivity index (χ3v) is 3.32. The van der Waals surface area contributed by atoms with Gasteiger partial charge in [-0.05, 0) is 49.2 Å². The number of hydrogen-bond donors (Lipinski definition) is 1. The van der Waals surface area contributed by atoms with Crippen molar-refractivity contribution in [2.75, 3.05) is 6.54 Å². The van der Waals surface area contributed by atoms with E-state index in [2.05, 4.69) is 15.9 Å². The summed E-state index contributed by atoms with van der Waals surface area (Å²) in [6.07, 6.45) is 0.583. The molecule has 4 heteroatoms. The molecule has 0 unspecified atom stereocenters. The standard InChI is InChI=1S/C15H15BrFNO/c1-10-5-6-12(16)9-14(10)19-15-11(7-8-18)3-2-4-13(15)17/h2-6,9H,7-8,18H2,1H3. The summed E-state index contributed by atoms with van der Waals surface area (Å²) in [6, 6.07) is 10.6. The zero-order chi connectivity index (χ0) is 13.8. The predicted octanol–water partition coefficient (Wildman–Crippen LogP) is 4.19. The van der Waals surface area contributed by atoms with Gasteiger partial charge in [-0.3, -0.25) is 0 Å². The number of halogens is 2. The fourth-order valence-electron chi connectivity index (χ4n) is 1.81. The topological polar surface area (TPSA) is 35.2 Å². The van der Waals surface area contributed by atoms with Crippen LogP contribution in [0.3, 0.4) is 0 Å². The first-order valence-electron chi connectivity index (χ1n) is 6.03. The van der Waals surface area contributed by atoms with Crippen molar-refractivity contribution in [1.29, 1.82) is 0 Å². The van der Waals surface area contributed by atoms with Crippen molar-refractivity contribution < 1.29 is 9.13 Å². The van der Waals surface area contributed by atoms with Gasteiger partial charge >= 0.3 is 0 Å². The molecule has 0 saturated heterocycles. The van der Waals surface area contributed by atoms with Crippen molar-refractivity contribution in [1.82, 2.24) is 0 Å². The Balaban J connectivity index is 2.39. The quantitative estimate of drug-likeness (QED) is 0.915. The maximum Gasteiger partial charge on any atom is 0.166 e. The lowest BCUT2D eigenvalue weighted by Crippen LogP contribution is -2.05. The number of hydrogen-bond acceptors (Lipinski definition) is 2. The van der Waals surface area contributed by atoms with Gasteiger partial charge in [0.25, 0.3) is 0 Å². The van der Waals surface area contributed by atoms with E-state index in [4.69, 9.17) is 10.5 Å². The molecule has 0 atom stereocenters. The Labute approximate surface area is 120 Å². The van der Waals surface area contributed by atoms with E-state index in [1.165, 1.54) is 6.07 Å². The monoisotopic (exact) mass is 323 g/mol. The summed E-state index contributed by atoms with van der Waals surface area (Å²) in [5.41, 5.74) is 7.27. The zero-order valence-electron chi connectivity index (χ0n) is 10.6. The largest absolute Gasteiger partial charge is 0.454 e. The SMILES string of the molecule is Cc1ccc(Br)cc1Oc1c(F)cccc1CCN. The average Bonchev–Trinajstić information content (AvgIpc) is 2.38. The number of nitrogens with two attached hydrogens (primary N) is 1. The Hall–Kier alpha value is -1.39. The van der Waals surface area contributed by atoms with Crippen molar-refractivity contribution >= 4 is 15.9 Å². The summed E-state index contributed by atoms with van der Waals surface area (Å²) >= 11 is 3.38. The minimum absolute atomic E-state index is 0.258. The van der Waals surface area contributed by atoms with E-state index in [9.17, 15) is 4.39 Å². The van der Waals surface area contributed by atoms with Crippen LogP contribution in [-0.2, 0) is 6.42 Å². The minimum Gasteiger partial charge on any atom is -0.454 e. The molecular weight excluding hydrogens is 309 g/mol. The molecule has 0 radical (unpaired) electrons. The van der Waals surface area contributed by atoms with Gasteiger partial charge < -0.3 is 10.5 Å². The molecule has 100 valence electrons. The molecule has 2 aromatic carbocycles. The van der Waals surface area contributed by atoms with Crippen molar-refractivity contribution in [2.24, 2.45) is 5.73 Å². The number of benzene rings is 2. The van der Waals surface area contributed by atoms with Gasteiger partial charge in [0.2, 0.25) is 0 Å². The highest BCUT2D eigenvalue weighted by molar-refractivity contribution is 9.10. The van der Waals surface area contributed by atoms with Crippen molar-refractivity contribution in [3.63, 3.8) is 0 Å². The molecule has 2 N–H and O–H groups in total. The molecule has 0 aromatic heterocycles. The first-order valence-corrected chi connectivity index (χ1v) is 6.82. The van der Waals surface area contributed by atoms with Crippen LogP contribution < -0.4 is 10.5 Å². The molecule has 0 amide bonds. The first-order chi connectivity index (χ1) is 9.11. The first kappa shape index (κ1) is 14.0. The molecule has 0 bridgehead atoms. The van der Waals surface area contributed by atoms with Gasteiger partial charge in [0.1, 0.15) is 5.75 Å². The molecule has 0 aliphatic carbocycles. The second-order valence-electron chi connectivity index (χ2n) is 4.28. The third kappa shape index (κ3) is 3.33. The average molecular weight is 324 g/mol. The van der Waals surface area contributed by atoms with E-state index >= 15 is 0 Å². The lowest BCUT2D eigenvalue weighted by atomic mass is 10.1. The predicted molar refractivity (Wildman–Crippen MR) is 78.1 cm³/mol. The number of ether oxygens (including phenoxy) is 1. The lowest BCUT2D eigenvalue weighted by molar-refractivity contribution is 0.433. The smallest absolute Gasteiger partial charge is 0.166 e. The fourth-order valence-corrected chi connectivity index (χ4v) is 2.15. The van der Waals surface area contributed by atoms with E-state index in [1.54, 1.807) is 6.07 Å². The molecule has 0 spiro atoms. The molecule has 19 heavy (non-hydrogen) atoms. The summed E-state index contributed by atoms with van der Waals surface area (Å²) in [4.78, 5) is 0. The summed E-state index contributed by atoms with van der Waals surface area (Å²) in [5.74, 6) is 0.525. The van der Waals surface area contributed by atoms with E-state index < -0.39 is 0 Å². The Bertz CT molecular complexity index is 586. The van der Waals surface area contributed by atoms with Gasteiger partial charge in [-0.25, -0.2) is 4.39 Å². The molecular formula is C15H15BrFNO. The minimum atomic E-state index is -0.370. The number of aryl methyl sites for hydroxylation is 1. The number of rotatable bonds is 4. The second kappa shape index (κ2) is 6.17. The Kier molecular flexibility index (Phi) is 4.56. The van der Waals surface area contributed by atoms with Crippen LogP contribution in [-0.4, -0.2) is 6.54 Å². The maximum atomic E-state index is 13.9. The summed E-state index contributed by atoms with van der Waals surface area (Å²) in [5, 5.41) is 0. The molecule has 2 rings (SSSR count). The van der Waals surface area contributed by atoms with E-state index in [0.717, 1.165) is 15.6 Å². The van der Waals surface area contributed by atoms with Gasteiger partial charge in [-0.15, -0.1) is 0 Å². The van der Waals surface area contributed by atoms with Crippen molar-refractivity contribution in [3.05, 3.63) is 57.8 Å². The molecule has 0 fully saturated rings. The van der Waals surface area contributed by atoms with Crippen LogP contribution in [0.25, 0.3) is 0 Å². The van der Waals surface area contributed by atoms with Gasteiger partial charge in [-0.2, -0.15) is 0 Å². The molecule has 0 saturated carbocycles. The van der Waals surface area contributed by atoms with E-state index in [1.807, 2.05) is 31.2 Å². The van der Waals surface area contributed by atoms with Crippen LogP contribution in [0.1, 0.15) is 11.1 Å². The van der Waals surface area contributed by atoms with Gasteiger partial charge in [0, 0.05) is 4.47 Å². The van der Waals surface area contributed by atoms with Crippen LogP contribution in [0.15, 0.2) is 40.9 Å². The third-order valence-electron chi connectivity index (χ3n) is 2.82. The van der Waals surface area contributed by atoms with Crippen LogP contribution in [0.4, 0.5) is 4.39 Å². The summed E-state index contributed by atoms with van der Waals surface area (Å²) in [6.45, 7) is 2.38. The lowest BCUT2D eigenvalue weighted by Gasteiger charge is -2.13. The summed E-state index contributed by atoms with van der Waals surface area (Å²) < 4.78 is 20.6. The van der Waals surface area contributed by atoms with Crippen LogP contribution >= 0.6 is 15.9 Å². The van der Waals surface area contributed by atoms with Crippen molar-refractivity contribution in [3.8, 4) is 11.5 Å². The number of para-hydroxylation sites is 1. The van der Waals surface area contributed by atoms with E-state index in [0.29, 0.717) is 18.7 Å². The molecule has 2 aromatic rings. The molecule has 0 heterocycles. The van der Waals surface area contributed by atoms with Crippen LogP contribution in [0.2, 0.25) is 0 Å². The van der Waals surface area contributed by atoms with Gasteiger partial charge in [0.05, 0.1) is 0 Å². The van der Waals surface area contributed by atoms with Gasteiger partial charge in [0.15, 0.2) is 11.6 Å². The maximum absolute atomic E-state index is 13.9. The second-order valence-corrected chi connectivity index (χ2v) is 5.19. The van der Waals surface area contributed by atoms with E-state index in [-0.39, 0.29) is 11.6 Å². The Morgan fingerprint density at radius 1 is 1.26 bits per heavy atom. The highest BCUT2D eigenvalue weighted by Crippen LogP contribution is 2.32. The molecule has 0 aliphatic rings. The normalized spacial score (nSPS) is 10.5. The van der Waals surface area contributed by atoms with Crippen LogP contribution in [0, 0.1) is 12.7 Å². The Morgan fingerprint density at radius 2 is 2.05 bits per heavy atom. The highest BCUT2D eigenvalue weighted by Gasteiger charge is 2.12. The highest BCUT2D eigenvalue weighted by atomic mass is 79.9. The van der Waals surface area contributed by atoms with Crippen molar-refractivity contribution in [2.45, 2.75) is 13.3 Å². The molecule has 2 nitrogen and oxygen atoms in total. The Morgan fingerprint density at radius 3 is 2.79 bits per heavy atom. The zero-order valence-corrected chi connectivity index (χ0v) is 12.2. The van der Waals surface area contributed by atoms with Gasteiger partial charge in [-0.1, -0.05) is 34.1 Å². The molecule has 0 aliphatic heterocycles.